The number of unbranched alkanes of at least 4 members (excludes halogenated alkanes) is 27. The van der Waals surface area contributed by atoms with Crippen LogP contribution < -0.4 is 5.32 Å². The predicted molar refractivity (Wildman–Crippen MR) is 338 cm³/mol. The van der Waals surface area contributed by atoms with Gasteiger partial charge >= 0.3 is 5.97 Å². The minimum Gasteiger partial charge on any atom is -0.454 e. The highest BCUT2D eigenvalue weighted by atomic mass is 16.7. The Balaban J connectivity index is 2.65. The Morgan fingerprint density at radius 1 is 0.481 bits per heavy atom. The zero-order chi connectivity index (χ0) is 58.9. The van der Waals surface area contributed by atoms with E-state index in [0.717, 1.165) is 135 Å². The molecule has 8 unspecified atom stereocenters. The third kappa shape index (κ3) is 44.7. The quantitative estimate of drug-likeness (QED) is 0.0195. The molecule has 0 radical (unpaired) electrons. The highest BCUT2D eigenvalue weighted by molar-refractivity contribution is 5.80. The van der Waals surface area contributed by atoms with Gasteiger partial charge in [0.2, 0.25) is 5.91 Å². The lowest BCUT2D eigenvalue weighted by molar-refractivity contribution is -0.305. The van der Waals surface area contributed by atoms with Crippen LogP contribution in [0.1, 0.15) is 271 Å². The van der Waals surface area contributed by atoms with Crippen molar-refractivity contribution >= 4 is 11.9 Å². The van der Waals surface area contributed by atoms with E-state index in [2.05, 4.69) is 111 Å². The number of allylic oxidation sites excluding steroid dienone is 15. The van der Waals surface area contributed by atoms with Gasteiger partial charge in [-0.05, 0) is 109 Å². The van der Waals surface area contributed by atoms with Crippen LogP contribution in [0.15, 0.2) is 97.2 Å². The Bertz CT molecular complexity index is 1690. The maximum Gasteiger partial charge on any atom is 0.306 e. The van der Waals surface area contributed by atoms with E-state index in [0.29, 0.717) is 12.8 Å². The lowest BCUT2D eigenvalue weighted by Crippen LogP contribution is -2.61. The fourth-order valence-electron chi connectivity index (χ4n) is 9.70. The summed E-state index contributed by atoms with van der Waals surface area (Å²) >= 11 is 0. The number of nitrogens with one attached hydrogen (secondary N) is 1. The average molecular weight is 1140 g/mol. The molecule has 466 valence electrons. The van der Waals surface area contributed by atoms with Crippen molar-refractivity contribution in [2.45, 2.75) is 320 Å². The number of ether oxygens (including phenoxy) is 3. The molecule has 0 bridgehead atoms. The van der Waals surface area contributed by atoms with E-state index in [1.54, 1.807) is 6.08 Å². The molecular formula is C70H121NO10. The Kier molecular flexibility index (Phi) is 53.2. The molecule has 0 aliphatic carbocycles. The fraction of sp³-hybridized carbons (Fsp3) is 0.743. The number of hydrogen-bond donors (Lipinski definition) is 6. The van der Waals surface area contributed by atoms with E-state index >= 15 is 0 Å². The van der Waals surface area contributed by atoms with Crippen LogP contribution in [-0.2, 0) is 23.8 Å². The summed E-state index contributed by atoms with van der Waals surface area (Å²) < 4.78 is 17.6. The molecule has 1 aliphatic rings. The van der Waals surface area contributed by atoms with Crippen molar-refractivity contribution in [2.75, 3.05) is 13.2 Å². The molecule has 1 rings (SSSR count). The Hall–Kier alpha value is -3.42. The number of amides is 1. The summed E-state index contributed by atoms with van der Waals surface area (Å²) in [7, 11) is 0. The minimum atomic E-state index is -1.63. The summed E-state index contributed by atoms with van der Waals surface area (Å²) in [6.07, 6.45) is 65.8. The van der Waals surface area contributed by atoms with Crippen molar-refractivity contribution < 1.29 is 49.3 Å². The molecule has 1 aliphatic heterocycles. The molecule has 1 heterocycles. The van der Waals surface area contributed by atoms with Gasteiger partial charge in [0, 0.05) is 6.42 Å². The zero-order valence-electron chi connectivity index (χ0n) is 51.6. The number of esters is 1. The summed E-state index contributed by atoms with van der Waals surface area (Å²) in [5.74, 6) is -1.22. The number of carbonyl (C=O) groups excluding carboxylic acids is 2. The van der Waals surface area contributed by atoms with Crippen molar-refractivity contribution in [1.29, 1.82) is 0 Å². The Morgan fingerprint density at radius 3 is 1.30 bits per heavy atom. The van der Waals surface area contributed by atoms with E-state index in [1.165, 1.54) is 89.9 Å². The van der Waals surface area contributed by atoms with Crippen molar-refractivity contribution in [1.82, 2.24) is 5.32 Å². The monoisotopic (exact) mass is 1140 g/mol. The van der Waals surface area contributed by atoms with Gasteiger partial charge in [-0.2, -0.15) is 0 Å². The summed E-state index contributed by atoms with van der Waals surface area (Å²) in [6.45, 7) is 5.72. The fourth-order valence-corrected chi connectivity index (χ4v) is 9.70. The van der Waals surface area contributed by atoms with E-state index in [4.69, 9.17) is 14.2 Å². The average Bonchev–Trinajstić information content (AvgIpc) is 3.52. The van der Waals surface area contributed by atoms with Crippen molar-refractivity contribution in [2.24, 2.45) is 0 Å². The smallest absolute Gasteiger partial charge is 0.306 e. The molecule has 11 nitrogen and oxygen atoms in total. The number of hydrogen-bond acceptors (Lipinski definition) is 10. The van der Waals surface area contributed by atoms with Crippen LogP contribution in [0.5, 0.6) is 0 Å². The molecule has 8 atom stereocenters. The first-order valence-electron chi connectivity index (χ1n) is 33.0. The number of carbonyl (C=O) groups is 2. The van der Waals surface area contributed by atoms with Gasteiger partial charge in [0.05, 0.1) is 25.4 Å². The third-order valence-corrected chi connectivity index (χ3v) is 15.0. The molecule has 1 fully saturated rings. The second kappa shape index (κ2) is 57.0. The lowest BCUT2D eigenvalue weighted by atomic mass is 9.99. The summed E-state index contributed by atoms with van der Waals surface area (Å²) in [6, 6.07) is -1.04. The van der Waals surface area contributed by atoms with Gasteiger partial charge in [-0.25, -0.2) is 0 Å². The van der Waals surface area contributed by atoms with E-state index in [1.807, 2.05) is 6.08 Å². The first-order valence-corrected chi connectivity index (χ1v) is 33.0. The molecule has 6 N–H and O–H groups in total. The molecule has 1 amide bonds. The van der Waals surface area contributed by atoms with Gasteiger partial charge in [0.1, 0.15) is 24.4 Å². The van der Waals surface area contributed by atoms with Gasteiger partial charge in [0.25, 0.3) is 0 Å². The first kappa shape index (κ1) is 75.6. The molecule has 0 aromatic carbocycles. The van der Waals surface area contributed by atoms with Crippen molar-refractivity contribution in [3.8, 4) is 0 Å². The van der Waals surface area contributed by atoms with E-state index < -0.39 is 67.4 Å². The van der Waals surface area contributed by atoms with Gasteiger partial charge in [-0.3, -0.25) is 9.59 Å². The van der Waals surface area contributed by atoms with E-state index in [-0.39, 0.29) is 19.4 Å². The molecule has 11 heteroatoms. The highest BCUT2D eigenvalue weighted by Crippen LogP contribution is 2.26. The topological polar surface area (TPSA) is 175 Å². The van der Waals surface area contributed by atoms with Gasteiger partial charge in [0.15, 0.2) is 12.4 Å². The summed E-state index contributed by atoms with van der Waals surface area (Å²) in [5, 5.41) is 57.1. The lowest BCUT2D eigenvalue weighted by Gasteiger charge is -2.41. The van der Waals surface area contributed by atoms with Gasteiger partial charge in [-0.1, -0.05) is 253 Å². The van der Waals surface area contributed by atoms with Crippen LogP contribution >= 0.6 is 0 Å². The standard InChI is InChI=1S/C70H121NO10/c1-4-7-10-13-16-19-22-24-26-28-30-31-32-34-35-37-39-42-45-48-51-54-57-63(74)69(78)71-61(62(73)56-53-50-47-44-41-21-18-15-12-9-6-3)60-79-70-68(67(77)66(76)64(59-72)80-70)81-65(75)58-55-52-49-46-43-40-38-36-33-29-27-25-23-20-17-14-11-8-5-2/h16-17,19-20,24-27,30-31,33-36,53,56,61-64,66-68,70,72-74,76-77H,4-15,18,21-23,28-29,32,37-52,54-55,57-60H2,1-3H3,(H,71,78)/b19-16-,20-17-,26-24-,27-25-,31-30-,35-34-,36-33-,56-53+. The van der Waals surface area contributed by atoms with Crippen LogP contribution in [0.3, 0.4) is 0 Å². The zero-order valence-corrected chi connectivity index (χ0v) is 51.6. The number of aliphatic hydroxyl groups excluding tert-OH is 5. The molecule has 81 heavy (non-hydrogen) atoms. The Morgan fingerprint density at radius 2 is 0.852 bits per heavy atom. The van der Waals surface area contributed by atoms with Crippen molar-refractivity contribution in [3.63, 3.8) is 0 Å². The second-order valence-corrected chi connectivity index (χ2v) is 22.5. The number of rotatable bonds is 55. The largest absolute Gasteiger partial charge is 0.454 e. The molecule has 0 aromatic rings. The maximum atomic E-state index is 13.4. The number of aliphatic hydroxyl groups is 5. The first-order chi connectivity index (χ1) is 39.7. The molecule has 0 aromatic heterocycles. The van der Waals surface area contributed by atoms with Crippen LogP contribution in [-0.4, -0.2) is 99.6 Å². The van der Waals surface area contributed by atoms with Crippen LogP contribution in [0, 0.1) is 0 Å². The Labute approximate surface area is 495 Å². The van der Waals surface area contributed by atoms with Crippen molar-refractivity contribution in [3.05, 3.63) is 97.2 Å². The predicted octanol–water partition coefficient (Wildman–Crippen LogP) is 16.3. The maximum absolute atomic E-state index is 13.4. The summed E-state index contributed by atoms with van der Waals surface area (Å²) in [4.78, 5) is 26.6. The molecular weight excluding hydrogens is 1010 g/mol. The summed E-state index contributed by atoms with van der Waals surface area (Å²) in [5.41, 5.74) is 0. The van der Waals surface area contributed by atoms with E-state index in [9.17, 15) is 35.1 Å². The van der Waals surface area contributed by atoms with Crippen LogP contribution in [0.25, 0.3) is 0 Å². The minimum absolute atomic E-state index is 0.103. The normalized spacial score (nSPS) is 19.3. The second-order valence-electron chi connectivity index (χ2n) is 22.5. The van der Waals surface area contributed by atoms with Crippen LogP contribution in [0.4, 0.5) is 0 Å². The van der Waals surface area contributed by atoms with Gasteiger partial charge in [-0.15, -0.1) is 0 Å². The SMILES string of the molecule is CCCCC/C=C\C/C=C\C/C=C\C/C=C\CCCCCCCCC(O)C(=O)NC(COC1OC(CO)C(O)C(O)C1OC(=O)CCCCCCCC/C=C\C/C=C\C/C=C\CCCCC)C(O)/C=C/CCCCCCCCCCC. The molecule has 1 saturated heterocycles. The molecule has 0 spiro atoms. The van der Waals surface area contributed by atoms with Crippen LogP contribution in [0.2, 0.25) is 0 Å². The molecule has 0 saturated carbocycles. The third-order valence-electron chi connectivity index (χ3n) is 15.0. The van der Waals surface area contributed by atoms with Gasteiger partial charge < -0.3 is 45.1 Å². The highest BCUT2D eigenvalue weighted by Gasteiger charge is 2.47.